The fourth-order valence-corrected chi connectivity index (χ4v) is 2.89. The predicted molar refractivity (Wildman–Crippen MR) is 96.7 cm³/mol. The van der Waals surface area contributed by atoms with Gasteiger partial charge in [0.05, 0.1) is 13.7 Å². The molecule has 132 valence electrons. The van der Waals surface area contributed by atoms with Gasteiger partial charge in [-0.05, 0) is 36.4 Å². The second-order valence-corrected chi connectivity index (χ2v) is 5.93. The van der Waals surface area contributed by atoms with Gasteiger partial charge in [-0.25, -0.2) is 4.39 Å². The molecule has 1 heterocycles. The topological polar surface area (TPSA) is 44.8 Å². The Kier molecular flexibility index (Phi) is 5.38. The number of piperazine rings is 1. The first-order valence-electron chi connectivity index (χ1n) is 8.32. The van der Waals surface area contributed by atoms with E-state index in [1.165, 1.54) is 12.1 Å². The fourth-order valence-electron chi connectivity index (χ4n) is 2.89. The molecule has 2 aromatic rings. The summed E-state index contributed by atoms with van der Waals surface area (Å²) in [6.07, 6.45) is 0. The van der Waals surface area contributed by atoms with Crippen molar-refractivity contribution in [3.05, 3.63) is 54.3 Å². The van der Waals surface area contributed by atoms with E-state index in [1.807, 2.05) is 29.2 Å². The van der Waals surface area contributed by atoms with Gasteiger partial charge in [0, 0.05) is 43.6 Å². The minimum Gasteiger partial charge on any atom is -0.497 e. The van der Waals surface area contributed by atoms with E-state index in [2.05, 4.69) is 10.2 Å². The van der Waals surface area contributed by atoms with Crippen molar-refractivity contribution in [2.45, 2.75) is 0 Å². The van der Waals surface area contributed by atoms with Gasteiger partial charge in [-0.2, -0.15) is 0 Å². The van der Waals surface area contributed by atoms with Crippen LogP contribution in [0.25, 0.3) is 0 Å². The van der Waals surface area contributed by atoms with Gasteiger partial charge in [0.25, 0.3) is 0 Å². The molecule has 5 nitrogen and oxygen atoms in total. The lowest BCUT2D eigenvalue weighted by atomic mass is 10.2. The Morgan fingerprint density at radius 2 is 1.84 bits per heavy atom. The Balaban J connectivity index is 1.48. The number of methoxy groups -OCH3 is 1. The summed E-state index contributed by atoms with van der Waals surface area (Å²) in [5, 5.41) is 3.14. The van der Waals surface area contributed by atoms with Crippen molar-refractivity contribution in [2.75, 3.05) is 50.1 Å². The second-order valence-electron chi connectivity index (χ2n) is 5.93. The molecule has 0 radical (unpaired) electrons. The molecule has 1 fully saturated rings. The van der Waals surface area contributed by atoms with Crippen molar-refractivity contribution in [2.24, 2.45) is 0 Å². The minimum atomic E-state index is -0.235. The van der Waals surface area contributed by atoms with E-state index in [-0.39, 0.29) is 18.3 Å². The number of hydrogen-bond donors (Lipinski definition) is 1. The normalized spacial score (nSPS) is 14.3. The third kappa shape index (κ3) is 4.41. The van der Waals surface area contributed by atoms with Gasteiger partial charge in [0.1, 0.15) is 11.6 Å². The van der Waals surface area contributed by atoms with Gasteiger partial charge >= 0.3 is 0 Å². The van der Waals surface area contributed by atoms with Crippen LogP contribution in [0.15, 0.2) is 48.5 Å². The van der Waals surface area contributed by atoms with E-state index in [9.17, 15) is 9.18 Å². The van der Waals surface area contributed by atoms with Crippen LogP contribution in [0.2, 0.25) is 0 Å². The smallest absolute Gasteiger partial charge is 0.241 e. The highest BCUT2D eigenvalue weighted by Gasteiger charge is 2.21. The fraction of sp³-hybridized carbons (Fsp3) is 0.316. The first-order valence-corrected chi connectivity index (χ1v) is 8.32. The van der Waals surface area contributed by atoms with Crippen molar-refractivity contribution in [1.29, 1.82) is 0 Å². The molecule has 0 bridgehead atoms. The van der Waals surface area contributed by atoms with Crippen molar-refractivity contribution in [3.8, 4) is 5.75 Å². The van der Waals surface area contributed by atoms with Gasteiger partial charge in [-0.1, -0.05) is 6.07 Å². The number of nitrogens with zero attached hydrogens (tertiary/aromatic N) is 2. The van der Waals surface area contributed by atoms with Crippen molar-refractivity contribution in [1.82, 2.24) is 4.90 Å². The second kappa shape index (κ2) is 7.88. The molecule has 1 aliphatic rings. The maximum absolute atomic E-state index is 13.0. The zero-order valence-corrected chi connectivity index (χ0v) is 14.2. The lowest BCUT2D eigenvalue weighted by Gasteiger charge is -2.36. The number of amides is 1. The van der Waals surface area contributed by atoms with E-state index in [0.717, 1.165) is 30.2 Å². The monoisotopic (exact) mass is 343 g/mol. The van der Waals surface area contributed by atoms with Gasteiger partial charge in [-0.3, -0.25) is 4.79 Å². The number of carbonyl (C=O) groups is 1. The maximum atomic E-state index is 13.0. The molecular weight excluding hydrogens is 321 g/mol. The lowest BCUT2D eigenvalue weighted by Crippen LogP contribution is -2.50. The third-order valence-electron chi connectivity index (χ3n) is 4.34. The highest BCUT2D eigenvalue weighted by Crippen LogP contribution is 2.18. The average Bonchev–Trinajstić information content (AvgIpc) is 2.67. The quantitative estimate of drug-likeness (QED) is 0.906. The van der Waals surface area contributed by atoms with Crippen LogP contribution in [0.4, 0.5) is 15.8 Å². The van der Waals surface area contributed by atoms with Gasteiger partial charge < -0.3 is 19.9 Å². The zero-order valence-electron chi connectivity index (χ0n) is 14.2. The van der Waals surface area contributed by atoms with Crippen LogP contribution in [0.5, 0.6) is 5.75 Å². The molecule has 0 atom stereocenters. The Hall–Kier alpha value is -2.76. The van der Waals surface area contributed by atoms with E-state index in [0.29, 0.717) is 13.1 Å². The number of benzene rings is 2. The standard InChI is InChI=1S/C19H22FN3O2/c1-25-18-4-2-3-16(13-18)21-14-19(24)23-11-9-22(10-12-23)17-7-5-15(20)6-8-17/h2-8,13,21H,9-12,14H2,1H3. The van der Waals surface area contributed by atoms with Crippen LogP contribution in [0, 0.1) is 5.82 Å². The molecule has 3 rings (SSSR count). The number of anilines is 2. The Labute approximate surface area is 147 Å². The van der Waals surface area contributed by atoms with E-state index < -0.39 is 0 Å². The van der Waals surface area contributed by atoms with E-state index in [4.69, 9.17) is 4.74 Å². The summed E-state index contributed by atoms with van der Waals surface area (Å²) in [6.45, 7) is 3.07. The zero-order chi connectivity index (χ0) is 17.6. The third-order valence-corrected chi connectivity index (χ3v) is 4.34. The first-order chi connectivity index (χ1) is 12.2. The molecule has 1 saturated heterocycles. The Bertz CT molecular complexity index is 713. The predicted octanol–water partition coefficient (Wildman–Crippen LogP) is 2.60. The maximum Gasteiger partial charge on any atom is 0.241 e. The van der Waals surface area contributed by atoms with Gasteiger partial charge in [0.15, 0.2) is 0 Å². The molecule has 0 spiro atoms. The Morgan fingerprint density at radius 3 is 2.52 bits per heavy atom. The molecule has 0 saturated carbocycles. The van der Waals surface area contributed by atoms with E-state index in [1.54, 1.807) is 19.2 Å². The summed E-state index contributed by atoms with van der Waals surface area (Å²) in [4.78, 5) is 16.4. The summed E-state index contributed by atoms with van der Waals surface area (Å²) in [5.41, 5.74) is 1.85. The van der Waals surface area contributed by atoms with Gasteiger partial charge in [-0.15, -0.1) is 0 Å². The summed E-state index contributed by atoms with van der Waals surface area (Å²) in [5.74, 6) is 0.591. The van der Waals surface area contributed by atoms with Crippen LogP contribution < -0.4 is 15.0 Å². The lowest BCUT2D eigenvalue weighted by molar-refractivity contribution is -0.129. The van der Waals surface area contributed by atoms with Crippen molar-refractivity contribution in [3.63, 3.8) is 0 Å². The summed E-state index contributed by atoms with van der Waals surface area (Å²) < 4.78 is 18.2. The largest absolute Gasteiger partial charge is 0.497 e. The number of carbonyl (C=O) groups excluding carboxylic acids is 1. The van der Waals surface area contributed by atoms with Crippen LogP contribution in [0.3, 0.4) is 0 Å². The summed E-state index contributed by atoms with van der Waals surface area (Å²) in [6, 6.07) is 14.0. The van der Waals surface area contributed by atoms with E-state index >= 15 is 0 Å². The molecule has 1 aliphatic heterocycles. The van der Waals surface area contributed by atoms with Crippen LogP contribution >= 0.6 is 0 Å². The summed E-state index contributed by atoms with van der Waals surface area (Å²) >= 11 is 0. The number of halogens is 1. The molecule has 0 aromatic heterocycles. The minimum absolute atomic E-state index is 0.0709. The first kappa shape index (κ1) is 17.1. The van der Waals surface area contributed by atoms with Crippen molar-refractivity contribution < 1.29 is 13.9 Å². The molecule has 0 aliphatic carbocycles. The highest BCUT2D eigenvalue weighted by molar-refractivity contribution is 5.81. The van der Waals surface area contributed by atoms with Crippen LogP contribution in [-0.2, 0) is 4.79 Å². The molecule has 1 amide bonds. The molecule has 25 heavy (non-hydrogen) atoms. The van der Waals surface area contributed by atoms with Crippen LogP contribution in [0.1, 0.15) is 0 Å². The highest BCUT2D eigenvalue weighted by atomic mass is 19.1. The van der Waals surface area contributed by atoms with Crippen molar-refractivity contribution >= 4 is 17.3 Å². The van der Waals surface area contributed by atoms with Gasteiger partial charge in [0.2, 0.25) is 5.91 Å². The average molecular weight is 343 g/mol. The number of ether oxygens (including phenoxy) is 1. The Morgan fingerprint density at radius 1 is 1.12 bits per heavy atom. The SMILES string of the molecule is COc1cccc(NCC(=O)N2CCN(c3ccc(F)cc3)CC2)c1. The molecule has 2 aromatic carbocycles. The molecule has 6 heteroatoms. The number of hydrogen-bond acceptors (Lipinski definition) is 4. The van der Waals surface area contributed by atoms with Crippen LogP contribution in [-0.4, -0.2) is 50.6 Å². The molecule has 1 N–H and O–H groups in total. The molecule has 0 unspecified atom stereocenters. The molecular formula is C19H22FN3O2. The summed E-state index contributed by atoms with van der Waals surface area (Å²) in [7, 11) is 1.62. The number of rotatable bonds is 5. The number of nitrogens with one attached hydrogen (secondary N) is 1.